The third kappa shape index (κ3) is 3.95. The van der Waals surface area contributed by atoms with Crippen LogP contribution in [0.1, 0.15) is 30.4 Å². The molecular formula is C23H25N3O. The number of benzene rings is 2. The van der Waals surface area contributed by atoms with Crippen LogP contribution in [0.5, 0.6) is 0 Å². The largest absolute Gasteiger partial charge is 0.349 e. The first-order chi connectivity index (χ1) is 13.2. The summed E-state index contributed by atoms with van der Waals surface area (Å²) in [7, 11) is 0. The Balaban J connectivity index is 1.57. The summed E-state index contributed by atoms with van der Waals surface area (Å²) in [6.07, 6.45) is 7.83. The van der Waals surface area contributed by atoms with Crippen LogP contribution >= 0.6 is 0 Å². The molecule has 0 unspecified atom stereocenters. The minimum absolute atomic E-state index is 0.0292. The summed E-state index contributed by atoms with van der Waals surface area (Å²) >= 11 is 0. The van der Waals surface area contributed by atoms with Gasteiger partial charge >= 0.3 is 0 Å². The van der Waals surface area contributed by atoms with Crippen molar-refractivity contribution in [2.24, 2.45) is 0 Å². The summed E-state index contributed by atoms with van der Waals surface area (Å²) in [6.45, 7) is 2.89. The van der Waals surface area contributed by atoms with Crippen LogP contribution in [0, 0.1) is 6.92 Å². The molecule has 1 heterocycles. The molecule has 138 valence electrons. The van der Waals surface area contributed by atoms with Gasteiger partial charge in [0.2, 0.25) is 0 Å². The van der Waals surface area contributed by atoms with Crippen LogP contribution in [-0.4, -0.2) is 22.1 Å². The van der Waals surface area contributed by atoms with Gasteiger partial charge in [-0.25, -0.2) is 4.98 Å². The van der Waals surface area contributed by atoms with Crippen molar-refractivity contribution < 1.29 is 0 Å². The van der Waals surface area contributed by atoms with Gasteiger partial charge in [0.25, 0.3) is 5.56 Å². The fourth-order valence-corrected chi connectivity index (χ4v) is 3.57. The lowest BCUT2D eigenvalue weighted by Crippen LogP contribution is -2.35. The maximum atomic E-state index is 13.2. The van der Waals surface area contributed by atoms with Gasteiger partial charge in [-0.05, 0) is 49.8 Å². The third-order valence-electron chi connectivity index (χ3n) is 5.16. The van der Waals surface area contributed by atoms with E-state index in [1.165, 1.54) is 5.56 Å². The molecular weight excluding hydrogens is 334 g/mol. The SMILES string of the molecule is Cc1ccccc1-n1ccnc(N(CCCc2ccccc2)C2CC2)c1=O. The second-order valence-electron chi connectivity index (χ2n) is 7.23. The van der Waals surface area contributed by atoms with Crippen LogP contribution in [0.4, 0.5) is 5.82 Å². The zero-order chi connectivity index (χ0) is 18.6. The number of para-hydroxylation sites is 1. The zero-order valence-corrected chi connectivity index (χ0v) is 15.7. The monoisotopic (exact) mass is 359 g/mol. The Kier molecular flexibility index (Phi) is 5.05. The van der Waals surface area contributed by atoms with Crippen molar-refractivity contribution in [1.29, 1.82) is 0 Å². The molecule has 1 aliphatic rings. The fraction of sp³-hybridized carbons (Fsp3) is 0.304. The molecule has 1 aromatic heterocycles. The molecule has 0 bridgehead atoms. The molecule has 1 fully saturated rings. The lowest BCUT2D eigenvalue weighted by Gasteiger charge is -2.23. The van der Waals surface area contributed by atoms with E-state index in [2.05, 4.69) is 34.1 Å². The van der Waals surface area contributed by atoms with Crippen molar-refractivity contribution in [2.45, 2.75) is 38.6 Å². The lowest BCUT2D eigenvalue weighted by atomic mass is 10.1. The molecule has 0 N–H and O–H groups in total. The molecule has 1 saturated carbocycles. The van der Waals surface area contributed by atoms with E-state index in [9.17, 15) is 4.79 Å². The predicted molar refractivity (Wildman–Crippen MR) is 110 cm³/mol. The maximum absolute atomic E-state index is 13.2. The Labute approximate surface area is 160 Å². The molecule has 0 radical (unpaired) electrons. The summed E-state index contributed by atoms with van der Waals surface area (Å²) in [6, 6.07) is 18.9. The Morgan fingerprint density at radius 3 is 2.56 bits per heavy atom. The molecule has 27 heavy (non-hydrogen) atoms. The summed E-state index contributed by atoms with van der Waals surface area (Å²) < 4.78 is 1.73. The molecule has 0 saturated heterocycles. The average molecular weight is 359 g/mol. The number of hydrogen-bond donors (Lipinski definition) is 0. The predicted octanol–water partition coefficient (Wildman–Crippen LogP) is 4.14. The van der Waals surface area contributed by atoms with Gasteiger partial charge < -0.3 is 4.90 Å². The van der Waals surface area contributed by atoms with Crippen LogP contribution in [0.3, 0.4) is 0 Å². The number of rotatable bonds is 7. The first kappa shape index (κ1) is 17.5. The first-order valence-corrected chi connectivity index (χ1v) is 9.68. The highest BCUT2D eigenvalue weighted by Crippen LogP contribution is 2.29. The zero-order valence-electron chi connectivity index (χ0n) is 15.7. The molecule has 4 rings (SSSR count). The van der Waals surface area contributed by atoms with Crippen LogP contribution in [0.15, 0.2) is 71.8 Å². The van der Waals surface area contributed by atoms with E-state index in [1.54, 1.807) is 17.0 Å². The summed E-state index contributed by atoms with van der Waals surface area (Å²) in [5, 5.41) is 0. The van der Waals surface area contributed by atoms with Crippen LogP contribution in [0.2, 0.25) is 0 Å². The van der Waals surface area contributed by atoms with E-state index in [-0.39, 0.29) is 5.56 Å². The van der Waals surface area contributed by atoms with Crippen molar-refractivity contribution in [3.8, 4) is 5.69 Å². The van der Waals surface area contributed by atoms with Gasteiger partial charge in [0.1, 0.15) is 0 Å². The van der Waals surface area contributed by atoms with Crippen molar-refractivity contribution in [3.05, 3.63) is 88.5 Å². The molecule has 2 aromatic carbocycles. The van der Waals surface area contributed by atoms with Gasteiger partial charge in [-0.15, -0.1) is 0 Å². The third-order valence-corrected chi connectivity index (χ3v) is 5.16. The van der Waals surface area contributed by atoms with Crippen LogP contribution in [0.25, 0.3) is 5.69 Å². The highest BCUT2D eigenvalue weighted by Gasteiger charge is 2.31. The summed E-state index contributed by atoms with van der Waals surface area (Å²) in [5.74, 6) is 0.580. The quantitative estimate of drug-likeness (QED) is 0.636. The van der Waals surface area contributed by atoms with Gasteiger partial charge in [-0.3, -0.25) is 9.36 Å². The van der Waals surface area contributed by atoms with E-state index in [0.29, 0.717) is 11.9 Å². The normalized spacial score (nSPS) is 13.5. The molecule has 3 aromatic rings. The topological polar surface area (TPSA) is 38.1 Å². The van der Waals surface area contributed by atoms with Gasteiger partial charge in [-0.2, -0.15) is 0 Å². The highest BCUT2D eigenvalue weighted by molar-refractivity contribution is 5.45. The van der Waals surface area contributed by atoms with Crippen LogP contribution < -0.4 is 10.5 Å². The Hall–Kier alpha value is -2.88. The van der Waals surface area contributed by atoms with Gasteiger partial charge in [0.05, 0.1) is 5.69 Å². The average Bonchev–Trinajstić information content (AvgIpc) is 3.53. The molecule has 0 aliphatic heterocycles. The number of aromatic nitrogens is 2. The summed E-state index contributed by atoms with van der Waals surface area (Å²) in [5.41, 5.74) is 3.31. The smallest absolute Gasteiger partial charge is 0.298 e. The lowest BCUT2D eigenvalue weighted by molar-refractivity contribution is 0.706. The standard InChI is InChI=1S/C23H25N3O/c1-18-8-5-6-12-21(18)26-17-15-24-22(23(26)27)25(20-13-14-20)16-7-11-19-9-3-2-4-10-19/h2-6,8-10,12,15,17,20H,7,11,13-14,16H2,1H3. The van der Waals surface area contributed by atoms with E-state index >= 15 is 0 Å². The van der Waals surface area contributed by atoms with E-state index in [1.807, 2.05) is 37.3 Å². The minimum atomic E-state index is -0.0292. The maximum Gasteiger partial charge on any atom is 0.298 e. The highest BCUT2D eigenvalue weighted by atomic mass is 16.1. The molecule has 0 atom stereocenters. The minimum Gasteiger partial charge on any atom is -0.349 e. The van der Waals surface area contributed by atoms with Gasteiger partial charge in [0, 0.05) is 25.0 Å². The number of hydrogen-bond acceptors (Lipinski definition) is 3. The molecule has 4 nitrogen and oxygen atoms in total. The second-order valence-corrected chi connectivity index (χ2v) is 7.23. The second kappa shape index (κ2) is 7.78. The van der Waals surface area contributed by atoms with Gasteiger partial charge in [-0.1, -0.05) is 48.5 Å². The Bertz CT molecular complexity index is 961. The molecule has 4 heteroatoms. The van der Waals surface area contributed by atoms with Crippen molar-refractivity contribution in [2.75, 3.05) is 11.4 Å². The van der Waals surface area contributed by atoms with Crippen molar-refractivity contribution >= 4 is 5.82 Å². The van der Waals surface area contributed by atoms with E-state index in [0.717, 1.165) is 43.5 Å². The Morgan fingerprint density at radius 1 is 1.07 bits per heavy atom. The molecule has 0 spiro atoms. The van der Waals surface area contributed by atoms with Gasteiger partial charge in [0.15, 0.2) is 5.82 Å². The van der Waals surface area contributed by atoms with Crippen molar-refractivity contribution in [3.63, 3.8) is 0 Å². The fourth-order valence-electron chi connectivity index (χ4n) is 3.57. The van der Waals surface area contributed by atoms with Crippen LogP contribution in [-0.2, 0) is 6.42 Å². The van der Waals surface area contributed by atoms with E-state index < -0.39 is 0 Å². The molecule has 1 aliphatic carbocycles. The molecule has 0 amide bonds. The van der Waals surface area contributed by atoms with Crippen molar-refractivity contribution in [1.82, 2.24) is 9.55 Å². The summed E-state index contributed by atoms with van der Waals surface area (Å²) in [4.78, 5) is 19.9. The van der Waals surface area contributed by atoms with E-state index in [4.69, 9.17) is 0 Å². The number of aryl methyl sites for hydroxylation is 2. The first-order valence-electron chi connectivity index (χ1n) is 9.68. The number of anilines is 1. The Morgan fingerprint density at radius 2 is 1.81 bits per heavy atom. The number of nitrogens with zero attached hydrogens (tertiary/aromatic N) is 3.